The molecule has 5 rings (SSSR count). The molecule has 0 saturated heterocycles. The number of carbonyl (C=O) groups is 1. The van der Waals surface area contributed by atoms with Crippen LogP contribution in [-0.2, 0) is 16.4 Å². The molecule has 2 N–H and O–H groups in total. The van der Waals surface area contributed by atoms with Crippen molar-refractivity contribution in [1.82, 2.24) is 25.6 Å². The molecule has 38 heavy (non-hydrogen) atoms. The summed E-state index contributed by atoms with van der Waals surface area (Å²) in [7, 11) is -0.0822. The minimum absolute atomic E-state index is 0.0524. The standard InChI is InChI=1S/C26H22F4N6OS/c1-3-38(2)22-9-4-15(14-31-22)18-7-6-17(13-19(18)23-33-35-36-34-23)32-24(37)25(10-11-25)20-8-5-16(12-21(20)27)26(28,29)30/h3-9,12-14H,10-11H2,1-2H3,(H,32,37)(H,33,34,35,36). The molecular weight excluding hydrogens is 520 g/mol. The van der Waals surface area contributed by atoms with Gasteiger partial charge in [-0.15, -0.1) is 20.7 Å². The topological polar surface area (TPSA) is 96.5 Å². The van der Waals surface area contributed by atoms with Crippen LogP contribution in [0, 0.1) is 5.82 Å². The number of amides is 1. The van der Waals surface area contributed by atoms with Crippen molar-refractivity contribution in [3.8, 4) is 22.5 Å². The highest BCUT2D eigenvalue weighted by Crippen LogP contribution is 2.50. The average molecular weight is 543 g/mol. The van der Waals surface area contributed by atoms with Gasteiger partial charge in [0, 0.05) is 28.6 Å². The summed E-state index contributed by atoms with van der Waals surface area (Å²) in [6, 6.07) is 11.3. The highest BCUT2D eigenvalue weighted by Gasteiger charge is 2.53. The maximum atomic E-state index is 14.7. The van der Waals surface area contributed by atoms with Gasteiger partial charge < -0.3 is 5.32 Å². The van der Waals surface area contributed by atoms with Crippen LogP contribution >= 0.6 is 10.5 Å². The normalized spacial score (nSPS) is 15.3. The van der Waals surface area contributed by atoms with Crippen LogP contribution in [0.4, 0.5) is 23.2 Å². The van der Waals surface area contributed by atoms with Gasteiger partial charge in [-0.25, -0.2) is 9.37 Å². The zero-order valence-corrected chi connectivity index (χ0v) is 21.1. The summed E-state index contributed by atoms with van der Waals surface area (Å²) in [6.07, 6.45) is -0.194. The quantitative estimate of drug-likeness (QED) is 0.236. The van der Waals surface area contributed by atoms with Crippen LogP contribution in [0.25, 0.3) is 22.5 Å². The maximum absolute atomic E-state index is 14.7. The third-order valence-electron chi connectivity index (χ3n) is 6.59. The van der Waals surface area contributed by atoms with Crippen molar-refractivity contribution in [2.75, 3.05) is 11.6 Å². The minimum Gasteiger partial charge on any atom is -0.325 e. The van der Waals surface area contributed by atoms with Gasteiger partial charge in [0.25, 0.3) is 0 Å². The monoisotopic (exact) mass is 542 g/mol. The molecule has 196 valence electrons. The van der Waals surface area contributed by atoms with Crippen molar-refractivity contribution in [3.05, 3.63) is 71.7 Å². The molecule has 2 heterocycles. The van der Waals surface area contributed by atoms with Gasteiger partial charge in [-0.1, -0.05) is 23.6 Å². The third kappa shape index (κ3) is 4.83. The van der Waals surface area contributed by atoms with Gasteiger partial charge in [0.1, 0.15) is 5.82 Å². The van der Waals surface area contributed by atoms with E-state index < -0.39 is 28.9 Å². The van der Waals surface area contributed by atoms with E-state index in [1.807, 2.05) is 19.1 Å². The number of alkyl halides is 3. The fourth-order valence-corrected chi connectivity index (χ4v) is 5.00. The van der Waals surface area contributed by atoms with Crippen molar-refractivity contribution >= 4 is 27.4 Å². The van der Waals surface area contributed by atoms with E-state index in [0.29, 0.717) is 36.0 Å². The molecule has 1 amide bonds. The fraction of sp³-hybridized carbons (Fsp3) is 0.231. The number of tetrazole rings is 1. The summed E-state index contributed by atoms with van der Waals surface area (Å²) >= 11 is 0. The maximum Gasteiger partial charge on any atom is 0.416 e. The first kappa shape index (κ1) is 25.7. The molecule has 1 fully saturated rings. The molecule has 0 radical (unpaired) electrons. The summed E-state index contributed by atoms with van der Waals surface area (Å²) in [5, 5.41) is 20.0. The number of halogens is 4. The lowest BCUT2D eigenvalue weighted by atomic mass is 9.93. The van der Waals surface area contributed by atoms with Crippen LogP contribution in [0.15, 0.2) is 59.8 Å². The molecule has 1 aliphatic rings. The number of H-pyrrole nitrogens is 1. The van der Waals surface area contributed by atoms with E-state index in [2.05, 4.69) is 42.5 Å². The molecule has 1 unspecified atom stereocenters. The van der Waals surface area contributed by atoms with Gasteiger partial charge in [-0.05, 0) is 67.1 Å². The molecular formula is C26H22F4N6OS. The van der Waals surface area contributed by atoms with Gasteiger partial charge >= 0.3 is 6.18 Å². The predicted octanol–water partition coefficient (Wildman–Crippen LogP) is 5.84. The Bertz CT molecular complexity index is 1530. The first-order valence-electron chi connectivity index (χ1n) is 11.6. The van der Waals surface area contributed by atoms with Crippen molar-refractivity contribution in [2.24, 2.45) is 0 Å². The highest BCUT2D eigenvalue weighted by molar-refractivity contribution is 8.14. The van der Waals surface area contributed by atoms with Gasteiger partial charge in [0.2, 0.25) is 11.7 Å². The number of nitrogens with zero attached hydrogens (tertiary/aromatic N) is 4. The zero-order valence-electron chi connectivity index (χ0n) is 20.3. The minimum atomic E-state index is -4.67. The second-order valence-corrected chi connectivity index (χ2v) is 10.9. The lowest BCUT2D eigenvalue weighted by Gasteiger charge is -2.18. The number of hydrogen-bond donors (Lipinski definition) is 2. The second kappa shape index (κ2) is 9.75. The number of aromatic amines is 1. The molecule has 0 spiro atoms. The second-order valence-electron chi connectivity index (χ2n) is 8.90. The summed E-state index contributed by atoms with van der Waals surface area (Å²) in [4.78, 5) is 17.8. The Morgan fingerprint density at radius 1 is 1.11 bits per heavy atom. The molecule has 1 atom stereocenters. The van der Waals surface area contributed by atoms with Crippen LogP contribution in [0.3, 0.4) is 0 Å². The van der Waals surface area contributed by atoms with Crippen molar-refractivity contribution < 1.29 is 22.4 Å². The van der Waals surface area contributed by atoms with Crippen molar-refractivity contribution in [1.29, 1.82) is 0 Å². The zero-order chi connectivity index (χ0) is 27.1. The van der Waals surface area contributed by atoms with Crippen LogP contribution in [0.5, 0.6) is 0 Å². The van der Waals surface area contributed by atoms with E-state index in [1.165, 1.54) is 0 Å². The Morgan fingerprint density at radius 3 is 2.47 bits per heavy atom. The third-order valence-corrected chi connectivity index (χ3v) is 8.20. The largest absolute Gasteiger partial charge is 0.416 e. The summed E-state index contributed by atoms with van der Waals surface area (Å²) < 4.78 is 53.6. The van der Waals surface area contributed by atoms with Crippen LogP contribution in [0.2, 0.25) is 0 Å². The van der Waals surface area contributed by atoms with Crippen LogP contribution < -0.4 is 5.32 Å². The van der Waals surface area contributed by atoms with E-state index in [1.54, 1.807) is 24.4 Å². The van der Waals surface area contributed by atoms with E-state index in [9.17, 15) is 22.4 Å². The molecule has 7 nitrogen and oxygen atoms in total. The average Bonchev–Trinajstić information content (AvgIpc) is 3.53. The van der Waals surface area contributed by atoms with E-state index in [-0.39, 0.29) is 16.0 Å². The predicted molar refractivity (Wildman–Crippen MR) is 137 cm³/mol. The van der Waals surface area contributed by atoms with Gasteiger partial charge in [-0.3, -0.25) is 4.79 Å². The molecule has 1 saturated carbocycles. The Morgan fingerprint density at radius 2 is 1.89 bits per heavy atom. The summed E-state index contributed by atoms with van der Waals surface area (Å²) in [5.74, 6) is -1.26. The summed E-state index contributed by atoms with van der Waals surface area (Å²) in [6.45, 7) is 1.98. The number of anilines is 1. The SMILES string of the molecule is C/C=S(/C)c1ccc(-c2ccc(NC(=O)C3(c4ccc(C(F)(F)F)cc4F)CC3)cc2-c2nn[nH]n2)cn1. The van der Waals surface area contributed by atoms with Crippen molar-refractivity contribution in [2.45, 2.75) is 36.4 Å². The molecule has 0 aliphatic heterocycles. The van der Waals surface area contributed by atoms with E-state index >= 15 is 0 Å². The smallest absolute Gasteiger partial charge is 0.325 e. The highest BCUT2D eigenvalue weighted by atomic mass is 32.2. The number of nitrogens with one attached hydrogen (secondary N) is 2. The Balaban J connectivity index is 1.45. The molecule has 2 aromatic heterocycles. The van der Waals surface area contributed by atoms with E-state index in [0.717, 1.165) is 28.3 Å². The van der Waals surface area contributed by atoms with Crippen LogP contribution in [0.1, 0.15) is 30.9 Å². The van der Waals surface area contributed by atoms with Gasteiger partial charge in [0.15, 0.2) is 0 Å². The molecule has 12 heteroatoms. The molecule has 0 bridgehead atoms. The lowest BCUT2D eigenvalue weighted by molar-refractivity contribution is -0.137. The van der Waals surface area contributed by atoms with Gasteiger partial charge in [0.05, 0.1) is 16.0 Å². The van der Waals surface area contributed by atoms with Crippen molar-refractivity contribution in [3.63, 3.8) is 0 Å². The Labute approximate surface area is 217 Å². The Hall–Kier alpha value is -3.93. The number of pyridine rings is 1. The number of hydrogen-bond acceptors (Lipinski definition) is 5. The first-order valence-corrected chi connectivity index (χ1v) is 13.3. The van der Waals surface area contributed by atoms with E-state index in [4.69, 9.17) is 0 Å². The number of rotatable bonds is 6. The number of benzene rings is 2. The lowest BCUT2D eigenvalue weighted by Crippen LogP contribution is -2.29. The fourth-order valence-electron chi connectivity index (χ4n) is 4.26. The number of aromatic nitrogens is 5. The van der Waals surface area contributed by atoms with Crippen LogP contribution in [-0.4, -0.2) is 43.1 Å². The number of carbonyl (C=O) groups excluding carboxylic acids is 1. The summed E-state index contributed by atoms with van der Waals surface area (Å²) in [5.41, 5.74) is 0.169. The Kier molecular flexibility index (Phi) is 6.59. The first-order chi connectivity index (χ1) is 18.1. The molecule has 4 aromatic rings. The van der Waals surface area contributed by atoms with Gasteiger partial charge in [-0.2, -0.15) is 18.4 Å². The molecule has 1 aliphatic carbocycles. The molecule has 2 aromatic carbocycles.